The molecule has 2 rings (SSSR count). The van der Waals surface area contributed by atoms with Crippen molar-refractivity contribution in [1.82, 2.24) is 5.32 Å². The first-order valence-corrected chi connectivity index (χ1v) is 10.9. The summed E-state index contributed by atoms with van der Waals surface area (Å²) in [6.45, 7) is 2.86. The van der Waals surface area contributed by atoms with Gasteiger partial charge in [-0.3, -0.25) is 8.98 Å². The highest BCUT2D eigenvalue weighted by Gasteiger charge is 2.08. The van der Waals surface area contributed by atoms with E-state index in [4.69, 9.17) is 8.92 Å². The quantitative estimate of drug-likeness (QED) is 0.469. The Hall–Kier alpha value is -2.12. The maximum absolute atomic E-state index is 11.1. The highest BCUT2D eigenvalue weighted by Crippen LogP contribution is 2.29. The number of unbranched alkanes of at least 4 members (excludes halogenated alkanes) is 2. The van der Waals surface area contributed by atoms with Gasteiger partial charge in [0.1, 0.15) is 5.75 Å². The van der Waals surface area contributed by atoms with Crippen molar-refractivity contribution in [3.05, 3.63) is 42.0 Å². The van der Waals surface area contributed by atoms with E-state index >= 15 is 0 Å². The molecule has 0 aromatic heterocycles. The largest absolute Gasteiger partial charge is 0.493 e. The molecule has 0 aliphatic heterocycles. The number of rotatable bonds is 11. The predicted octanol–water partition coefficient (Wildman–Crippen LogP) is 3.04. The van der Waals surface area contributed by atoms with Gasteiger partial charge in [0.05, 0.1) is 19.5 Å². The van der Waals surface area contributed by atoms with Gasteiger partial charge >= 0.3 is 0 Å². The van der Waals surface area contributed by atoms with Crippen molar-refractivity contribution in [3.8, 4) is 5.75 Å². The van der Waals surface area contributed by atoms with Crippen LogP contribution in [-0.4, -0.2) is 40.3 Å². The van der Waals surface area contributed by atoms with Gasteiger partial charge in [0, 0.05) is 18.9 Å². The summed E-state index contributed by atoms with van der Waals surface area (Å²) in [6.07, 6.45) is 4.11. The number of hydrogen-bond donors (Lipinski definition) is 1. The number of benzene rings is 2. The summed E-state index contributed by atoms with van der Waals surface area (Å²) in [5.41, 5.74) is 1.14. The van der Waals surface area contributed by atoms with E-state index in [1.165, 1.54) is 6.92 Å². The van der Waals surface area contributed by atoms with Crippen molar-refractivity contribution in [1.29, 1.82) is 0 Å². The highest BCUT2D eigenvalue weighted by molar-refractivity contribution is 7.85. The van der Waals surface area contributed by atoms with Gasteiger partial charge in [0.25, 0.3) is 10.1 Å². The summed E-state index contributed by atoms with van der Waals surface area (Å²) in [7, 11) is -3.36. The van der Waals surface area contributed by atoms with E-state index in [-0.39, 0.29) is 12.5 Å². The van der Waals surface area contributed by atoms with Crippen LogP contribution in [0, 0.1) is 0 Å². The van der Waals surface area contributed by atoms with Crippen LogP contribution < -0.4 is 10.1 Å². The first kappa shape index (κ1) is 21.2. The molecule has 6 nitrogen and oxygen atoms in total. The number of ether oxygens (including phenoxy) is 1. The van der Waals surface area contributed by atoms with Crippen molar-refractivity contribution in [3.63, 3.8) is 0 Å². The zero-order valence-corrected chi connectivity index (χ0v) is 16.7. The van der Waals surface area contributed by atoms with Crippen LogP contribution in [0.25, 0.3) is 10.8 Å². The molecule has 0 spiro atoms. The van der Waals surface area contributed by atoms with Crippen molar-refractivity contribution in [2.45, 2.75) is 32.6 Å². The molecule has 27 heavy (non-hydrogen) atoms. The lowest BCUT2D eigenvalue weighted by Crippen LogP contribution is -2.22. The molecule has 0 radical (unpaired) electrons. The third-order valence-electron chi connectivity index (χ3n) is 4.06. The number of hydrogen-bond acceptors (Lipinski definition) is 5. The first-order chi connectivity index (χ1) is 12.9. The SMILES string of the molecule is CC(=O)NCCc1cccc2cccc(OCCCCCOS(C)(=O)=O)c12. The van der Waals surface area contributed by atoms with Crippen LogP contribution in [-0.2, 0) is 25.5 Å². The number of fused-ring (bicyclic) bond motifs is 1. The fraction of sp³-hybridized carbons (Fsp3) is 0.450. The molecule has 1 N–H and O–H groups in total. The minimum Gasteiger partial charge on any atom is -0.493 e. The van der Waals surface area contributed by atoms with Gasteiger partial charge in [0.15, 0.2) is 0 Å². The Balaban J connectivity index is 1.92. The van der Waals surface area contributed by atoms with Crippen LogP contribution in [0.2, 0.25) is 0 Å². The molecule has 0 bridgehead atoms. The molecule has 0 saturated heterocycles. The smallest absolute Gasteiger partial charge is 0.264 e. The molecule has 0 fully saturated rings. The molecule has 148 valence electrons. The van der Waals surface area contributed by atoms with Gasteiger partial charge < -0.3 is 10.1 Å². The van der Waals surface area contributed by atoms with Crippen molar-refractivity contribution in [2.75, 3.05) is 26.0 Å². The molecular weight excluding hydrogens is 366 g/mol. The van der Waals surface area contributed by atoms with E-state index in [2.05, 4.69) is 11.4 Å². The second-order valence-electron chi connectivity index (χ2n) is 6.44. The molecule has 2 aromatic carbocycles. The Morgan fingerprint density at radius 2 is 1.74 bits per heavy atom. The Labute approximate surface area is 161 Å². The molecule has 0 saturated carbocycles. The third kappa shape index (κ3) is 7.56. The van der Waals surface area contributed by atoms with E-state index in [9.17, 15) is 13.2 Å². The van der Waals surface area contributed by atoms with Gasteiger partial charge in [-0.1, -0.05) is 30.3 Å². The number of nitrogens with one attached hydrogen (secondary N) is 1. The van der Waals surface area contributed by atoms with Crippen LogP contribution in [0.4, 0.5) is 0 Å². The van der Waals surface area contributed by atoms with E-state index in [1.54, 1.807) is 0 Å². The Morgan fingerprint density at radius 3 is 2.44 bits per heavy atom. The summed E-state index contributed by atoms with van der Waals surface area (Å²) in [5, 5.41) is 5.01. The fourth-order valence-electron chi connectivity index (χ4n) is 2.86. The molecule has 2 aromatic rings. The highest BCUT2D eigenvalue weighted by atomic mass is 32.2. The van der Waals surface area contributed by atoms with Gasteiger partial charge in [-0.2, -0.15) is 8.42 Å². The first-order valence-electron chi connectivity index (χ1n) is 9.09. The molecule has 0 atom stereocenters. The average Bonchev–Trinajstić information content (AvgIpc) is 2.59. The molecule has 0 unspecified atom stereocenters. The number of carbonyl (C=O) groups excluding carboxylic acids is 1. The number of amides is 1. The lowest BCUT2D eigenvalue weighted by Gasteiger charge is -2.13. The van der Waals surface area contributed by atoms with Crippen LogP contribution in [0.3, 0.4) is 0 Å². The lowest BCUT2D eigenvalue weighted by atomic mass is 10.0. The zero-order valence-electron chi connectivity index (χ0n) is 15.9. The van der Waals surface area contributed by atoms with Crippen LogP contribution in [0.15, 0.2) is 36.4 Å². The molecule has 0 aliphatic rings. The summed E-state index contributed by atoms with van der Waals surface area (Å²) in [5.74, 6) is 0.796. The third-order valence-corrected chi connectivity index (χ3v) is 4.66. The van der Waals surface area contributed by atoms with E-state index < -0.39 is 10.1 Å². The van der Waals surface area contributed by atoms with Crippen molar-refractivity contribution in [2.24, 2.45) is 0 Å². The van der Waals surface area contributed by atoms with Crippen LogP contribution in [0.5, 0.6) is 5.75 Å². The fourth-order valence-corrected chi connectivity index (χ4v) is 3.28. The van der Waals surface area contributed by atoms with Gasteiger partial charge in [-0.05, 0) is 42.7 Å². The standard InChI is InChI=1S/C20H27NO5S/c1-16(22)21-13-12-18-9-6-8-17-10-7-11-19(20(17)18)25-14-4-3-5-15-26-27(2,23)24/h6-11H,3-5,12-15H2,1-2H3,(H,21,22). The van der Waals surface area contributed by atoms with Gasteiger partial charge in [-0.15, -0.1) is 0 Å². The summed E-state index contributed by atoms with van der Waals surface area (Å²) in [4.78, 5) is 11.1. The molecule has 0 heterocycles. The number of carbonyl (C=O) groups is 1. The summed E-state index contributed by atoms with van der Waals surface area (Å²) in [6, 6.07) is 12.1. The van der Waals surface area contributed by atoms with E-state index in [0.717, 1.165) is 47.6 Å². The molecule has 7 heteroatoms. The second-order valence-corrected chi connectivity index (χ2v) is 8.08. The Morgan fingerprint density at radius 1 is 1.04 bits per heavy atom. The Kier molecular flexibility index (Phi) is 8.06. The lowest BCUT2D eigenvalue weighted by molar-refractivity contribution is -0.118. The monoisotopic (exact) mass is 393 g/mol. The van der Waals surface area contributed by atoms with E-state index in [1.807, 2.05) is 30.3 Å². The average molecular weight is 394 g/mol. The summed E-state index contributed by atoms with van der Waals surface area (Å²) >= 11 is 0. The molecule has 1 amide bonds. The maximum atomic E-state index is 11.1. The van der Waals surface area contributed by atoms with Crippen molar-refractivity contribution >= 4 is 26.8 Å². The zero-order chi connectivity index (χ0) is 19.7. The van der Waals surface area contributed by atoms with Gasteiger partial charge in [-0.25, -0.2) is 0 Å². The predicted molar refractivity (Wildman–Crippen MR) is 106 cm³/mol. The Bertz CT molecular complexity index is 859. The minimum absolute atomic E-state index is 0.0356. The summed E-state index contributed by atoms with van der Waals surface area (Å²) < 4.78 is 32.5. The molecule has 0 aliphatic carbocycles. The molecular formula is C20H27NO5S. The van der Waals surface area contributed by atoms with Crippen LogP contribution in [0.1, 0.15) is 31.7 Å². The van der Waals surface area contributed by atoms with Gasteiger partial charge in [0.2, 0.25) is 5.91 Å². The second kappa shape index (κ2) is 10.3. The maximum Gasteiger partial charge on any atom is 0.264 e. The van der Waals surface area contributed by atoms with E-state index in [0.29, 0.717) is 19.6 Å². The topological polar surface area (TPSA) is 81.7 Å². The van der Waals surface area contributed by atoms with Crippen LogP contribution >= 0.6 is 0 Å². The normalized spacial score (nSPS) is 11.5. The van der Waals surface area contributed by atoms with Crippen molar-refractivity contribution < 1.29 is 22.1 Å². The minimum atomic E-state index is -3.36.